The minimum absolute atomic E-state index is 0.00844. The van der Waals surface area contributed by atoms with Crippen molar-refractivity contribution in [2.45, 2.75) is 97.8 Å². The van der Waals surface area contributed by atoms with Gasteiger partial charge in [0.15, 0.2) is 0 Å². The van der Waals surface area contributed by atoms with Crippen molar-refractivity contribution >= 4 is 94.5 Å². The summed E-state index contributed by atoms with van der Waals surface area (Å²) in [5, 5.41) is 7.90. The summed E-state index contributed by atoms with van der Waals surface area (Å²) in [4.78, 5) is 2.63. The van der Waals surface area contributed by atoms with Crippen molar-refractivity contribution in [1.29, 1.82) is 0 Å². The zero-order chi connectivity index (χ0) is 52.6. The van der Waals surface area contributed by atoms with E-state index in [-0.39, 0.29) is 28.4 Å². The molecule has 16 rings (SSSR count). The molecule has 0 N–H and O–H groups in total. The summed E-state index contributed by atoms with van der Waals surface area (Å²) in [5.41, 5.74) is 29.7. The van der Waals surface area contributed by atoms with Crippen LogP contribution in [0.1, 0.15) is 104 Å². The second kappa shape index (κ2) is 14.7. The molecule has 0 radical (unpaired) electrons. The van der Waals surface area contributed by atoms with Gasteiger partial charge in [0.2, 0.25) is 0 Å². The van der Waals surface area contributed by atoms with Crippen LogP contribution in [-0.2, 0) is 21.7 Å². The van der Waals surface area contributed by atoms with Gasteiger partial charge in [0, 0.05) is 55.2 Å². The molecule has 0 fully saturated rings. The number of fused-ring (bicyclic) bond motifs is 14. The lowest BCUT2D eigenvalue weighted by Crippen LogP contribution is -2.61. The Kier molecular flexibility index (Phi) is 8.61. The molecule has 2 aliphatic heterocycles. The average molecular weight is 992 g/mol. The van der Waals surface area contributed by atoms with Gasteiger partial charge in [-0.15, -0.1) is 0 Å². The van der Waals surface area contributed by atoms with E-state index in [1.807, 2.05) is 0 Å². The third-order valence-corrected chi connectivity index (χ3v) is 18.7. The van der Waals surface area contributed by atoms with Crippen molar-refractivity contribution in [2.75, 3.05) is 4.90 Å². The van der Waals surface area contributed by atoms with Crippen LogP contribution < -0.4 is 21.3 Å². The maximum absolute atomic E-state index is 2.71. The van der Waals surface area contributed by atoms with Gasteiger partial charge < -0.3 is 14.0 Å². The summed E-state index contributed by atoms with van der Waals surface area (Å²) in [6, 6.07) is 69.1. The highest BCUT2D eigenvalue weighted by Crippen LogP contribution is 2.54. The molecule has 4 heteroatoms. The van der Waals surface area contributed by atoms with E-state index < -0.39 is 0 Å². The van der Waals surface area contributed by atoms with Crippen molar-refractivity contribution in [3.63, 3.8) is 0 Å². The van der Waals surface area contributed by atoms with Crippen LogP contribution in [0.5, 0.6) is 0 Å². The lowest BCUT2D eigenvalue weighted by molar-refractivity contribution is 0.590. The van der Waals surface area contributed by atoms with Gasteiger partial charge in [-0.3, -0.25) is 0 Å². The van der Waals surface area contributed by atoms with Crippen molar-refractivity contribution < 1.29 is 0 Å². The zero-order valence-corrected chi connectivity index (χ0v) is 46.2. The summed E-state index contributed by atoms with van der Waals surface area (Å²) < 4.78 is 5.33. The number of benzene rings is 10. The van der Waals surface area contributed by atoms with E-state index in [0.717, 1.165) is 5.69 Å². The molecule has 0 amide bonds. The maximum Gasteiger partial charge on any atom is 0.253 e. The third kappa shape index (κ3) is 5.84. The second-order valence-electron chi connectivity index (χ2n) is 26.5. The van der Waals surface area contributed by atoms with Crippen LogP contribution in [0, 0.1) is 0 Å². The topological polar surface area (TPSA) is 13.1 Å². The highest BCUT2D eigenvalue weighted by Gasteiger charge is 2.48. The molecule has 77 heavy (non-hydrogen) atoms. The average Bonchev–Trinajstić information content (AvgIpc) is 3.56. The largest absolute Gasteiger partial charge is 0.311 e. The Balaban J connectivity index is 1.11. The van der Waals surface area contributed by atoms with Crippen LogP contribution in [0.25, 0.3) is 99.1 Å². The minimum atomic E-state index is -0.201. The van der Waals surface area contributed by atoms with Gasteiger partial charge in [-0.2, -0.15) is 0 Å². The number of hydrogen-bond donors (Lipinski definition) is 0. The minimum Gasteiger partial charge on any atom is -0.311 e. The quantitative estimate of drug-likeness (QED) is 0.157. The molecule has 2 aliphatic carbocycles. The molecule has 2 aromatic heterocycles. The van der Waals surface area contributed by atoms with Crippen molar-refractivity contribution in [3.8, 4) is 44.8 Å². The first-order valence-electron chi connectivity index (χ1n) is 28.0. The molecule has 10 aromatic carbocycles. The van der Waals surface area contributed by atoms with Gasteiger partial charge in [0.1, 0.15) is 0 Å². The molecular formula is C73H62BN3. The van der Waals surface area contributed by atoms with Gasteiger partial charge in [-0.1, -0.05) is 191 Å². The highest BCUT2D eigenvalue weighted by molar-refractivity contribution is 7.01. The first-order chi connectivity index (χ1) is 36.9. The van der Waals surface area contributed by atoms with E-state index >= 15 is 0 Å². The van der Waals surface area contributed by atoms with Gasteiger partial charge in [0.25, 0.3) is 6.71 Å². The fourth-order valence-corrected chi connectivity index (χ4v) is 14.8. The smallest absolute Gasteiger partial charge is 0.253 e. The number of anilines is 3. The Morgan fingerprint density at radius 1 is 0.390 bits per heavy atom. The van der Waals surface area contributed by atoms with E-state index in [0.29, 0.717) is 0 Å². The van der Waals surface area contributed by atoms with Crippen LogP contribution in [0.3, 0.4) is 0 Å². The fourth-order valence-electron chi connectivity index (χ4n) is 14.8. The van der Waals surface area contributed by atoms with E-state index in [1.54, 1.807) is 0 Å². The van der Waals surface area contributed by atoms with E-state index in [1.165, 1.54) is 155 Å². The SMILES string of the molecule is CC(C)(C)c1ccc(N2c3ccc(C(C)(C)C)cc3B3c4c2cc(-n2c5cccc6c5c5c7c(cccc7ccc52)-c2ccccc2-6)cc4-n2c4ccc(C(C)(C)C)cc4c4cc5c(c3c42)-c2ccccc2C5(C)C)cc1. The van der Waals surface area contributed by atoms with Gasteiger partial charge in [0.05, 0.1) is 22.2 Å². The number of aromatic nitrogens is 2. The Morgan fingerprint density at radius 3 is 1.71 bits per heavy atom. The van der Waals surface area contributed by atoms with Gasteiger partial charge in [-0.25, -0.2) is 0 Å². The van der Waals surface area contributed by atoms with E-state index in [2.05, 4.69) is 266 Å². The predicted octanol–water partition coefficient (Wildman–Crippen LogP) is 17.5. The normalized spacial score (nSPS) is 14.7. The predicted molar refractivity (Wildman–Crippen MR) is 330 cm³/mol. The standard InChI is InChI=1S/C73H62BN3/c1-70(2,3)42-27-31-45(32-28-42)75-58-35-30-44(72(7,8)9)37-56(58)74-67-61(75)38-46(76-59-25-17-23-50-48-20-13-12-19-47(48)49-22-16-18-41-26-33-60(76)66(63(41)49)65(50)59)39-62(67)77-57-34-29-43(71(4,5)6)36-52(57)53-40-55-64(68(74)69(53)77)51-21-14-15-24-54(51)73(55,10)11/h12-40H,1-11H3. The Labute approximate surface area is 452 Å². The Bertz CT molecular complexity index is 4650. The summed E-state index contributed by atoms with van der Waals surface area (Å²) in [7, 11) is 0. The van der Waals surface area contributed by atoms with Crippen LogP contribution >= 0.6 is 0 Å². The Hall–Kier alpha value is -8.08. The Morgan fingerprint density at radius 2 is 0.987 bits per heavy atom. The van der Waals surface area contributed by atoms with Crippen molar-refractivity contribution in [3.05, 3.63) is 204 Å². The molecule has 0 atom stereocenters. The van der Waals surface area contributed by atoms with E-state index in [4.69, 9.17) is 0 Å². The highest BCUT2D eigenvalue weighted by atomic mass is 15.2. The molecular weight excluding hydrogens is 930 g/mol. The van der Waals surface area contributed by atoms with Crippen LogP contribution in [0.4, 0.5) is 17.1 Å². The van der Waals surface area contributed by atoms with Gasteiger partial charge in [-0.05, 0) is 165 Å². The summed E-state index contributed by atoms with van der Waals surface area (Å²) in [6.07, 6.45) is 0. The molecule has 0 saturated carbocycles. The molecule has 4 heterocycles. The molecule has 0 unspecified atom stereocenters. The number of rotatable bonds is 2. The van der Waals surface area contributed by atoms with E-state index in [9.17, 15) is 0 Å². The molecule has 0 bridgehead atoms. The monoisotopic (exact) mass is 992 g/mol. The maximum atomic E-state index is 2.71. The molecule has 0 saturated heterocycles. The van der Waals surface area contributed by atoms with Crippen LogP contribution in [0.2, 0.25) is 0 Å². The molecule has 4 aliphatic rings. The van der Waals surface area contributed by atoms with Crippen LogP contribution in [-0.4, -0.2) is 15.8 Å². The molecule has 3 nitrogen and oxygen atoms in total. The third-order valence-electron chi connectivity index (χ3n) is 18.7. The molecule has 12 aromatic rings. The van der Waals surface area contributed by atoms with Crippen molar-refractivity contribution in [2.24, 2.45) is 0 Å². The molecule has 372 valence electrons. The zero-order valence-electron chi connectivity index (χ0n) is 46.2. The van der Waals surface area contributed by atoms with Gasteiger partial charge >= 0.3 is 0 Å². The lowest BCUT2D eigenvalue weighted by atomic mass is 9.32. The van der Waals surface area contributed by atoms with Crippen molar-refractivity contribution in [1.82, 2.24) is 9.13 Å². The number of nitrogens with zero attached hydrogens (tertiary/aromatic N) is 3. The second-order valence-corrected chi connectivity index (χ2v) is 26.5. The first-order valence-corrected chi connectivity index (χ1v) is 28.0. The first kappa shape index (κ1) is 45.1. The molecule has 0 spiro atoms. The number of hydrogen-bond acceptors (Lipinski definition) is 1. The summed E-state index contributed by atoms with van der Waals surface area (Å²) >= 11 is 0. The summed E-state index contributed by atoms with van der Waals surface area (Å²) in [6.45, 7) is 26.0. The summed E-state index contributed by atoms with van der Waals surface area (Å²) in [5.74, 6) is 0. The lowest BCUT2D eigenvalue weighted by Gasteiger charge is -2.42. The fraction of sp³-hybridized carbons (Fsp3) is 0.205. The van der Waals surface area contributed by atoms with Crippen LogP contribution in [0.15, 0.2) is 176 Å².